The third kappa shape index (κ3) is 5.20. The van der Waals surface area contributed by atoms with Gasteiger partial charge in [-0.15, -0.1) is 0 Å². The molecule has 0 saturated carbocycles. The van der Waals surface area contributed by atoms with Crippen molar-refractivity contribution in [3.8, 4) is 5.75 Å². The summed E-state index contributed by atoms with van der Waals surface area (Å²) >= 11 is 0. The molecule has 2 N–H and O–H groups in total. The summed E-state index contributed by atoms with van der Waals surface area (Å²) < 4.78 is 38.8. The van der Waals surface area contributed by atoms with Crippen molar-refractivity contribution < 1.29 is 27.5 Å². The lowest BCUT2D eigenvalue weighted by Gasteiger charge is -2.30. The fourth-order valence-corrected chi connectivity index (χ4v) is 5.36. The zero-order valence-electron chi connectivity index (χ0n) is 18.3. The fraction of sp³-hybridized carbons (Fsp3) is 0.200. The van der Waals surface area contributed by atoms with Crippen LogP contribution < -0.4 is 14.8 Å². The third-order valence-corrected chi connectivity index (χ3v) is 7.18. The van der Waals surface area contributed by atoms with Gasteiger partial charge in [-0.2, -0.15) is 0 Å². The number of benzene rings is 3. The second-order valence-electron chi connectivity index (χ2n) is 7.82. The van der Waals surface area contributed by atoms with E-state index < -0.39 is 21.9 Å². The molecule has 176 valence electrons. The highest BCUT2D eigenvalue weighted by Gasteiger charge is 2.29. The number of primary amides is 1. The number of hydrogen-bond acceptors (Lipinski definition) is 6. The molecule has 0 spiro atoms. The number of sulfonamides is 1. The van der Waals surface area contributed by atoms with Gasteiger partial charge in [0.2, 0.25) is 0 Å². The highest BCUT2D eigenvalue weighted by atomic mass is 32.2. The quantitative estimate of drug-likeness (QED) is 0.496. The van der Waals surface area contributed by atoms with Crippen LogP contribution in [0.4, 0.5) is 5.69 Å². The van der Waals surface area contributed by atoms with E-state index in [0.29, 0.717) is 23.5 Å². The minimum absolute atomic E-state index is 0.0282. The van der Waals surface area contributed by atoms with Crippen LogP contribution in [0.3, 0.4) is 0 Å². The predicted molar refractivity (Wildman–Crippen MR) is 126 cm³/mol. The summed E-state index contributed by atoms with van der Waals surface area (Å²) in [5, 5.41) is 0. The molecular formula is C25H24N2O6S. The second kappa shape index (κ2) is 9.96. The lowest BCUT2D eigenvalue weighted by atomic mass is 10.0. The van der Waals surface area contributed by atoms with Crippen LogP contribution in [0.15, 0.2) is 77.7 Å². The first-order valence-corrected chi connectivity index (χ1v) is 12.2. The molecule has 0 fully saturated rings. The van der Waals surface area contributed by atoms with Gasteiger partial charge >= 0.3 is 5.97 Å². The zero-order valence-corrected chi connectivity index (χ0v) is 19.2. The lowest BCUT2D eigenvalue weighted by Crippen LogP contribution is -2.35. The molecule has 1 aliphatic heterocycles. The Labute approximate surface area is 198 Å². The number of anilines is 1. The van der Waals surface area contributed by atoms with Gasteiger partial charge in [0.05, 0.1) is 16.1 Å². The largest absolute Gasteiger partial charge is 0.484 e. The number of ether oxygens (including phenoxy) is 2. The van der Waals surface area contributed by atoms with E-state index in [0.717, 1.165) is 18.4 Å². The first-order valence-electron chi connectivity index (χ1n) is 10.7. The maximum atomic E-state index is 13.4. The van der Waals surface area contributed by atoms with Crippen molar-refractivity contribution in [3.05, 3.63) is 89.5 Å². The molecule has 0 bridgehead atoms. The second-order valence-corrected chi connectivity index (χ2v) is 9.68. The number of para-hydroxylation sites is 1. The van der Waals surface area contributed by atoms with Crippen molar-refractivity contribution in [2.75, 3.05) is 17.5 Å². The van der Waals surface area contributed by atoms with Crippen LogP contribution in [0.5, 0.6) is 5.75 Å². The molecule has 0 saturated heterocycles. The summed E-state index contributed by atoms with van der Waals surface area (Å²) in [6, 6.07) is 20.0. The Balaban J connectivity index is 1.48. The molecule has 0 aliphatic carbocycles. The number of carbonyl (C=O) groups is 2. The number of carbonyl (C=O) groups excluding carboxylic acids is 2. The minimum Gasteiger partial charge on any atom is -0.484 e. The maximum Gasteiger partial charge on any atom is 0.338 e. The normalized spacial score (nSPS) is 13.1. The van der Waals surface area contributed by atoms with Gasteiger partial charge in [0, 0.05) is 6.54 Å². The van der Waals surface area contributed by atoms with E-state index in [2.05, 4.69) is 0 Å². The first-order chi connectivity index (χ1) is 16.3. The van der Waals surface area contributed by atoms with Crippen molar-refractivity contribution in [2.45, 2.75) is 24.3 Å². The van der Waals surface area contributed by atoms with E-state index in [4.69, 9.17) is 15.2 Å². The van der Waals surface area contributed by atoms with Gasteiger partial charge in [-0.3, -0.25) is 9.10 Å². The predicted octanol–water partition coefficient (Wildman–Crippen LogP) is 3.05. The van der Waals surface area contributed by atoms with E-state index in [-0.39, 0.29) is 23.7 Å². The van der Waals surface area contributed by atoms with Gasteiger partial charge in [-0.05, 0) is 60.4 Å². The molecule has 3 aromatic rings. The molecule has 1 heterocycles. The van der Waals surface area contributed by atoms with Crippen LogP contribution in [-0.4, -0.2) is 33.4 Å². The van der Waals surface area contributed by atoms with E-state index in [1.165, 1.54) is 28.6 Å². The zero-order chi connectivity index (χ0) is 24.1. The van der Waals surface area contributed by atoms with E-state index >= 15 is 0 Å². The molecule has 0 radical (unpaired) electrons. The molecule has 0 aromatic heterocycles. The highest BCUT2D eigenvalue weighted by Crippen LogP contribution is 2.32. The SMILES string of the molecule is NC(=O)COc1cccc(COC(=O)c2cccc(S(=O)(=O)N3CCCc4ccccc43)c2)c1. The van der Waals surface area contributed by atoms with Crippen molar-refractivity contribution in [1.82, 2.24) is 0 Å². The number of esters is 1. The Morgan fingerprint density at radius 2 is 1.76 bits per heavy atom. The highest BCUT2D eigenvalue weighted by molar-refractivity contribution is 7.92. The Kier molecular flexibility index (Phi) is 6.83. The van der Waals surface area contributed by atoms with Crippen molar-refractivity contribution in [2.24, 2.45) is 5.73 Å². The number of aryl methyl sites for hydroxylation is 1. The topological polar surface area (TPSA) is 116 Å². The first kappa shape index (κ1) is 23.3. The van der Waals surface area contributed by atoms with Gasteiger partial charge in [-0.25, -0.2) is 13.2 Å². The number of fused-ring (bicyclic) bond motifs is 1. The van der Waals surface area contributed by atoms with E-state index in [1.807, 2.05) is 18.2 Å². The summed E-state index contributed by atoms with van der Waals surface area (Å²) in [6.07, 6.45) is 1.55. The van der Waals surface area contributed by atoms with Crippen LogP contribution in [0.1, 0.15) is 27.9 Å². The third-order valence-electron chi connectivity index (χ3n) is 5.37. The molecule has 4 rings (SSSR count). The van der Waals surface area contributed by atoms with Crippen LogP contribution in [-0.2, 0) is 32.6 Å². The summed E-state index contributed by atoms with van der Waals surface area (Å²) in [7, 11) is -3.85. The van der Waals surface area contributed by atoms with Gasteiger partial charge < -0.3 is 15.2 Å². The number of amides is 1. The molecule has 8 nitrogen and oxygen atoms in total. The van der Waals surface area contributed by atoms with E-state index in [1.54, 1.807) is 30.3 Å². The molecule has 0 unspecified atom stereocenters. The summed E-state index contributed by atoms with van der Waals surface area (Å²) in [4.78, 5) is 23.5. The summed E-state index contributed by atoms with van der Waals surface area (Å²) in [5.41, 5.74) is 7.50. The average molecular weight is 481 g/mol. The molecule has 34 heavy (non-hydrogen) atoms. The van der Waals surface area contributed by atoms with Gasteiger partial charge in [-0.1, -0.05) is 36.4 Å². The maximum absolute atomic E-state index is 13.4. The van der Waals surface area contributed by atoms with Crippen molar-refractivity contribution in [1.29, 1.82) is 0 Å². The smallest absolute Gasteiger partial charge is 0.338 e. The van der Waals surface area contributed by atoms with E-state index in [9.17, 15) is 18.0 Å². The lowest BCUT2D eigenvalue weighted by molar-refractivity contribution is -0.119. The standard InChI is InChI=1S/C25H24N2O6S/c26-24(28)17-32-21-10-3-6-18(14-21)16-33-25(29)20-8-4-11-22(15-20)34(30,31)27-13-5-9-19-7-1-2-12-23(19)27/h1-4,6-8,10-12,14-15H,5,9,13,16-17H2,(H2,26,28). The molecular weight excluding hydrogens is 456 g/mol. The van der Waals surface area contributed by atoms with Crippen LogP contribution in [0.25, 0.3) is 0 Å². The van der Waals surface area contributed by atoms with Crippen LogP contribution in [0.2, 0.25) is 0 Å². The number of nitrogens with two attached hydrogens (primary N) is 1. The summed E-state index contributed by atoms with van der Waals surface area (Å²) in [6.45, 7) is 0.0667. The van der Waals surface area contributed by atoms with Crippen LogP contribution in [0, 0.1) is 0 Å². The molecule has 9 heteroatoms. The Hall–Kier alpha value is -3.85. The number of hydrogen-bond donors (Lipinski definition) is 1. The van der Waals surface area contributed by atoms with Gasteiger partial charge in [0.25, 0.3) is 15.9 Å². The Bertz CT molecular complexity index is 1320. The van der Waals surface area contributed by atoms with Gasteiger partial charge in [0.1, 0.15) is 12.4 Å². The molecule has 3 aromatic carbocycles. The summed E-state index contributed by atoms with van der Waals surface area (Å²) in [5.74, 6) is -0.832. The monoisotopic (exact) mass is 480 g/mol. The average Bonchev–Trinajstić information content (AvgIpc) is 2.86. The van der Waals surface area contributed by atoms with Crippen molar-refractivity contribution in [3.63, 3.8) is 0 Å². The minimum atomic E-state index is -3.85. The molecule has 1 aliphatic rings. The number of rotatable bonds is 8. The van der Waals surface area contributed by atoms with Crippen molar-refractivity contribution >= 4 is 27.6 Å². The fourth-order valence-electron chi connectivity index (χ4n) is 3.77. The van der Waals surface area contributed by atoms with Crippen LogP contribution >= 0.6 is 0 Å². The molecule has 0 atom stereocenters. The van der Waals surface area contributed by atoms with Gasteiger partial charge in [0.15, 0.2) is 6.61 Å². The number of nitrogens with zero attached hydrogens (tertiary/aromatic N) is 1. The molecule has 1 amide bonds. The Morgan fingerprint density at radius 3 is 2.59 bits per heavy atom. The Morgan fingerprint density at radius 1 is 0.971 bits per heavy atom.